The van der Waals surface area contributed by atoms with E-state index < -0.39 is 0 Å². The van der Waals surface area contributed by atoms with E-state index in [1.165, 1.54) is 0 Å². The van der Waals surface area contributed by atoms with Crippen molar-refractivity contribution < 1.29 is 9.47 Å². The Labute approximate surface area is 86.2 Å². The maximum absolute atomic E-state index is 5.39. The summed E-state index contributed by atoms with van der Waals surface area (Å²) in [6.45, 7) is 11.8. The lowest BCUT2D eigenvalue weighted by Crippen LogP contribution is -1.97. The molecule has 0 radical (unpaired) electrons. The van der Waals surface area contributed by atoms with Crippen molar-refractivity contribution in [2.45, 2.75) is 13.8 Å². The molecule has 0 aromatic rings. The Bertz CT molecular complexity index is 259. The van der Waals surface area contributed by atoms with Crippen LogP contribution in [-0.2, 0) is 9.47 Å². The number of ether oxygens (including phenoxy) is 2. The van der Waals surface area contributed by atoms with Crippen molar-refractivity contribution in [2.24, 2.45) is 0 Å². The second-order valence-corrected chi connectivity index (χ2v) is 2.60. The summed E-state index contributed by atoms with van der Waals surface area (Å²) >= 11 is 0. The molecule has 0 heterocycles. The van der Waals surface area contributed by atoms with Gasteiger partial charge in [0.15, 0.2) is 0 Å². The molecule has 78 valence electrons. The summed E-state index contributed by atoms with van der Waals surface area (Å²) in [6, 6.07) is 0. The predicted octanol–water partition coefficient (Wildman–Crippen LogP) is 3.20. The molecule has 0 atom stereocenters. The molecule has 0 unspecified atom stereocenters. The third-order valence-corrected chi connectivity index (χ3v) is 1.71. The van der Waals surface area contributed by atoms with Gasteiger partial charge < -0.3 is 9.47 Å². The van der Waals surface area contributed by atoms with Gasteiger partial charge in [-0.3, -0.25) is 0 Å². The molecule has 14 heavy (non-hydrogen) atoms. The van der Waals surface area contributed by atoms with Gasteiger partial charge in [-0.2, -0.15) is 0 Å². The Kier molecular flexibility index (Phi) is 6.29. The highest BCUT2D eigenvalue weighted by molar-refractivity contribution is 5.33. The molecule has 0 aliphatic heterocycles. The van der Waals surface area contributed by atoms with E-state index in [4.69, 9.17) is 9.47 Å². The highest BCUT2D eigenvalue weighted by Gasteiger charge is 2.04. The predicted molar refractivity (Wildman–Crippen MR) is 59.8 cm³/mol. The van der Waals surface area contributed by atoms with E-state index in [0.29, 0.717) is 6.61 Å². The zero-order valence-corrected chi connectivity index (χ0v) is 9.17. The van der Waals surface area contributed by atoms with Crippen LogP contribution in [0.4, 0.5) is 0 Å². The SMILES string of the molecule is C=C/C=C(OC)\C(C)=C(/C=C)OCC. The standard InChI is InChI=1S/C12H18O2/c1-6-9-12(13-5)10(4)11(7-2)14-8-3/h6-7,9H,1-2,8H2,3-5H3/b11-10+,12-9+. The van der Waals surface area contributed by atoms with Gasteiger partial charge >= 0.3 is 0 Å². The number of methoxy groups -OCH3 is 1. The topological polar surface area (TPSA) is 18.5 Å². The number of rotatable bonds is 6. The summed E-state index contributed by atoms with van der Waals surface area (Å²) in [6.07, 6.45) is 5.14. The van der Waals surface area contributed by atoms with Crippen LogP contribution in [0.15, 0.2) is 48.5 Å². The second kappa shape index (κ2) is 7.01. The fourth-order valence-corrected chi connectivity index (χ4v) is 1.05. The van der Waals surface area contributed by atoms with Gasteiger partial charge in [0, 0.05) is 5.57 Å². The smallest absolute Gasteiger partial charge is 0.125 e. The third-order valence-electron chi connectivity index (χ3n) is 1.71. The van der Waals surface area contributed by atoms with Crippen molar-refractivity contribution in [1.29, 1.82) is 0 Å². The molecule has 0 fully saturated rings. The Hall–Kier alpha value is -1.44. The monoisotopic (exact) mass is 194 g/mol. The van der Waals surface area contributed by atoms with Crippen molar-refractivity contribution in [3.8, 4) is 0 Å². The van der Waals surface area contributed by atoms with Crippen molar-refractivity contribution in [3.63, 3.8) is 0 Å². The average molecular weight is 194 g/mol. The first-order chi connectivity index (χ1) is 6.71. The zero-order chi connectivity index (χ0) is 11.0. The van der Waals surface area contributed by atoms with Crippen molar-refractivity contribution in [1.82, 2.24) is 0 Å². The van der Waals surface area contributed by atoms with Crippen LogP contribution in [0.5, 0.6) is 0 Å². The van der Waals surface area contributed by atoms with Crippen LogP contribution in [0.25, 0.3) is 0 Å². The fourth-order valence-electron chi connectivity index (χ4n) is 1.05. The molecule has 2 nitrogen and oxygen atoms in total. The quantitative estimate of drug-likeness (QED) is 0.477. The van der Waals surface area contributed by atoms with Gasteiger partial charge in [-0.15, -0.1) is 0 Å². The molecule has 0 amide bonds. The van der Waals surface area contributed by atoms with E-state index in [1.54, 1.807) is 25.3 Å². The van der Waals surface area contributed by atoms with Crippen molar-refractivity contribution >= 4 is 0 Å². The molecular weight excluding hydrogens is 176 g/mol. The molecular formula is C12H18O2. The van der Waals surface area contributed by atoms with Gasteiger partial charge in [0.1, 0.15) is 11.5 Å². The highest BCUT2D eigenvalue weighted by Crippen LogP contribution is 2.16. The molecule has 0 aliphatic carbocycles. The Morgan fingerprint density at radius 1 is 1.36 bits per heavy atom. The number of hydrogen-bond donors (Lipinski definition) is 0. The van der Waals surface area contributed by atoms with E-state index in [2.05, 4.69) is 13.2 Å². The van der Waals surface area contributed by atoms with Gasteiger partial charge in [0.05, 0.1) is 13.7 Å². The van der Waals surface area contributed by atoms with Gasteiger partial charge in [-0.1, -0.05) is 19.2 Å². The molecule has 0 saturated heterocycles. The van der Waals surface area contributed by atoms with E-state index in [0.717, 1.165) is 17.1 Å². The summed E-state index contributed by atoms with van der Waals surface area (Å²) in [4.78, 5) is 0. The van der Waals surface area contributed by atoms with Crippen molar-refractivity contribution in [3.05, 3.63) is 48.5 Å². The molecule has 0 spiro atoms. The van der Waals surface area contributed by atoms with E-state index in [9.17, 15) is 0 Å². The first kappa shape index (κ1) is 12.6. The minimum Gasteiger partial charge on any atom is -0.496 e. The molecule has 0 saturated carbocycles. The molecule has 0 N–H and O–H groups in total. The van der Waals surface area contributed by atoms with E-state index in [1.807, 2.05) is 13.8 Å². The summed E-state index contributed by atoms with van der Waals surface area (Å²) in [5, 5.41) is 0. The lowest BCUT2D eigenvalue weighted by molar-refractivity contribution is 0.232. The maximum atomic E-state index is 5.39. The average Bonchev–Trinajstić information content (AvgIpc) is 2.21. The van der Waals surface area contributed by atoms with Gasteiger partial charge in [-0.25, -0.2) is 0 Å². The fraction of sp³-hybridized carbons (Fsp3) is 0.333. The van der Waals surface area contributed by atoms with E-state index >= 15 is 0 Å². The Morgan fingerprint density at radius 2 is 2.00 bits per heavy atom. The first-order valence-electron chi connectivity index (χ1n) is 4.54. The Balaban J connectivity index is 4.98. The van der Waals surface area contributed by atoms with Crippen LogP contribution in [0, 0.1) is 0 Å². The lowest BCUT2D eigenvalue weighted by Gasteiger charge is -2.11. The molecule has 0 rings (SSSR count). The molecule has 2 heteroatoms. The maximum Gasteiger partial charge on any atom is 0.125 e. The van der Waals surface area contributed by atoms with Gasteiger partial charge in [-0.05, 0) is 26.0 Å². The van der Waals surface area contributed by atoms with Crippen LogP contribution in [0.2, 0.25) is 0 Å². The number of hydrogen-bond acceptors (Lipinski definition) is 2. The van der Waals surface area contributed by atoms with Crippen LogP contribution in [0.3, 0.4) is 0 Å². The van der Waals surface area contributed by atoms with Gasteiger partial charge in [0.25, 0.3) is 0 Å². The minimum absolute atomic E-state index is 0.615. The highest BCUT2D eigenvalue weighted by atomic mass is 16.5. The summed E-state index contributed by atoms with van der Waals surface area (Å²) in [5.41, 5.74) is 0.921. The first-order valence-corrected chi connectivity index (χ1v) is 4.54. The second-order valence-electron chi connectivity index (χ2n) is 2.60. The molecule has 0 aromatic heterocycles. The molecule has 0 bridgehead atoms. The third kappa shape index (κ3) is 3.52. The van der Waals surface area contributed by atoms with E-state index in [-0.39, 0.29) is 0 Å². The molecule has 0 aliphatic rings. The van der Waals surface area contributed by atoms with Crippen molar-refractivity contribution in [2.75, 3.05) is 13.7 Å². The summed E-state index contributed by atoms with van der Waals surface area (Å²) in [5.74, 6) is 1.48. The van der Waals surface area contributed by atoms with Crippen LogP contribution in [0.1, 0.15) is 13.8 Å². The minimum atomic E-state index is 0.615. The van der Waals surface area contributed by atoms with Crippen LogP contribution < -0.4 is 0 Å². The van der Waals surface area contributed by atoms with Crippen LogP contribution in [-0.4, -0.2) is 13.7 Å². The Morgan fingerprint density at radius 3 is 2.36 bits per heavy atom. The van der Waals surface area contributed by atoms with Gasteiger partial charge in [0.2, 0.25) is 0 Å². The largest absolute Gasteiger partial charge is 0.496 e. The van der Waals surface area contributed by atoms with Crippen LogP contribution >= 0.6 is 0 Å². The normalized spacial score (nSPS) is 12.9. The lowest BCUT2D eigenvalue weighted by atomic mass is 10.2. The summed E-state index contributed by atoms with van der Waals surface area (Å²) in [7, 11) is 1.62. The zero-order valence-electron chi connectivity index (χ0n) is 9.17. The molecule has 0 aromatic carbocycles. The number of allylic oxidation sites excluding steroid dienone is 4. The summed E-state index contributed by atoms with van der Waals surface area (Å²) < 4.78 is 10.6.